The van der Waals surface area contributed by atoms with Crippen molar-refractivity contribution in [3.63, 3.8) is 0 Å². The molecular weight excluding hydrogens is 344 g/mol. The highest BCUT2D eigenvalue weighted by Crippen LogP contribution is 2.52. The highest BCUT2D eigenvalue weighted by Gasteiger charge is 2.46. The molecule has 142 valence electrons. The molecule has 4 N–H and O–H groups in total. The number of aromatic nitrogens is 1. The first-order chi connectivity index (χ1) is 12.4. The number of nitrogens with zero attached hydrogens (tertiary/aromatic N) is 2. The lowest BCUT2D eigenvalue weighted by Crippen LogP contribution is -2.50. The molecule has 3 amide bonds. The second-order valence-electron chi connectivity index (χ2n) is 7.04. The maximum absolute atomic E-state index is 11.7. The second kappa shape index (κ2) is 7.22. The van der Waals surface area contributed by atoms with E-state index in [1.165, 1.54) is 11.0 Å². The lowest BCUT2D eigenvalue weighted by Gasteiger charge is -2.52. The number of primary amides is 1. The summed E-state index contributed by atoms with van der Waals surface area (Å²) in [6.07, 6.45) is 2.33. The van der Waals surface area contributed by atoms with Gasteiger partial charge in [-0.05, 0) is 37.0 Å². The molecule has 1 aliphatic carbocycles. The molecule has 1 aromatic heterocycles. The van der Waals surface area contributed by atoms with Crippen LogP contribution < -0.4 is 11.1 Å². The summed E-state index contributed by atoms with van der Waals surface area (Å²) < 4.78 is 9.84. The Bertz CT molecular complexity index is 687. The van der Waals surface area contributed by atoms with Crippen molar-refractivity contribution in [1.29, 1.82) is 0 Å². The number of nitrogens with two attached hydrogens (primary N) is 1. The average molecular weight is 366 g/mol. The van der Waals surface area contributed by atoms with Crippen LogP contribution in [0.2, 0.25) is 0 Å². The summed E-state index contributed by atoms with van der Waals surface area (Å²) in [5.74, 6) is -0.0926. The average Bonchev–Trinajstić information content (AvgIpc) is 3.06. The van der Waals surface area contributed by atoms with Crippen molar-refractivity contribution in [3.05, 3.63) is 17.5 Å². The van der Waals surface area contributed by atoms with Gasteiger partial charge in [0.05, 0.1) is 0 Å². The molecule has 2 aliphatic rings. The van der Waals surface area contributed by atoms with E-state index in [4.69, 9.17) is 20.1 Å². The Labute approximate surface area is 149 Å². The first-order valence-corrected chi connectivity index (χ1v) is 8.51. The topological polar surface area (TPSA) is 148 Å². The van der Waals surface area contributed by atoms with Gasteiger partial charge in [-0.3, -0.25) is 4.79 Å². The van der Waals surface area contributed by atoms with E-state index in [0.29, 0.717) is 25.6 Å². The smallest absolute Gasteiger partial charge is 0.407 e. The molecule has 10 nitrogen and oxygen atoms in total. The Morgan fingerprint density at radius 3 is 2.65 bits per heavy atom. The van der Waals surface area contributed by atoms with Crippen molar-refractivity contribution in [3.8, 4) is 0 Å². The molecule has 3 rings (SSSR count). The van der Waals surface area contributed by atoms with E-state index in [1.807, 2.05) is 0 Å². The van der Waals surface area contributed by atoms with Crippen LogP contribution in [0, 0.1) is 11.3 Å². The Morgan fingerprint density at radius 1 is 1.38 bits per heavy atom. The van der Waals surface area contributed by atoms with Gasteiger partial charge in [-0.1, -0.05) is 5.16 Å². The van der Waals surface area contributed by atoms with Crippen molar-refractivity contribution in [1.82, 2.24) is 15.4 Å². The monoisotopic (exact) mass is 366 g/mol. The van der Waals surface area contributed by atoms with Crippen LogP contribution in [-0.4, -0.2) is 52.9 Å². The number of nitrogens with one attached hydrogen (secondary N) is 1. The summed E-state index contributed by atoms with van der Waals surface area (Å²) in [4.78, 5) is 35.0. The second-order valence-corrected chi connectivity index (χ2v) is 7.04. The summed E-state index contributed by atoms with van der Waals surface area (Å²) in [5.41, 5.74) is 5.27. The van der Waals surface area contributed by atoms with Crippen LogP contribution in [0.3, 0.4) is 0 Å². The van der Waals surface area contributed by atoms with Crippen LogP contribution in [0.15, 0.2) is 10.6 Å². The molecule has 1 aromatic rings. The third-order valence-electron chi connectivity index (χ3n) is 5.23. The molecule has 1 saturated carbocycles. The van der Waals surface area contributed by atoms with E-state index in [2.05, 4.69) is 10.5 Å². The summed E-state index contributed by atoms with van der Waals surface area (Å²) >= 11 is 0. The first kappa shape index (κ1) is 18.0. The van der Waals surface area contributed by atoms with E-state index < -0.39 is 18.1 Å². The largest absolute Gasteiger partial charge is 0.465 e. The number of rotatable bonds is 5. The lowest BCUT2D eigenvalue weighted by molar-refractivity contribution is -0.00844. The predicted molar refractivity (Wildman–Crippen MR) is 87.2 cm³/mol. The maximum atomic E-state index is 11.7. The van der Waals surface area contributed by atoms with Gasteiger partial charge in [0.25, 0.3) is 5.91 Å². The molecule has 1 spiro atoms. The SMILES string of the molecule is NC(=O)c1cc(COC(=O)NCC2CC3(CCN(C(=O)O)CC3)C2)on1. The molecule has 0 atom stereocenters. The summed E-state index contributed by atoms with van der Waals surface area (Å²) in [7, 11) is 0. The molecule has 0 bridgehead atoms. The zero-order valence-electron chi connectivity index (χ0n) is 14.3. The summed E-state index contributed by atoms with van der Waals surface area (Å²) in [6.45, 7) is 1.56. The van der Waals surface area contributed by atoms with Crippen LogP contribution >= 0.6 is 0 Å². The highest BCUT2D eigenvalue weighted by atomic mass is 16.6. The number of ether oxygens (including phenoxy) is 1. The fraction of sp³-hybridized carbons (Fsp3) is 0.625. The van der Waals surface area contributed by atoms with Gasteiger partial charge >= 0.3 is 12.2 Å². The van der Waals surface area contributed by atoms with E-state index in [-0.39, 0.29) is 23.5 Å². The van der Waals surface area contributed by atoms with Gasteiger partial charge < -0.3 is 30.3 Å². The molecule has 2 fully saturated rings. The van der Waals surface area contributed by atoms with E-state index in [9.17, 15) is 14.4 Å². The molecule has 26 heavy (non-hydrogen) atoms. The highest BCUT2D eigenvalue weighted by molar-refractivity contribution is 5.90. The van der Waals surface area contributed by atoms with Crippen molar-refractivity contribution >= 4 is 18.1 Å². The van der Waals surface area contributed by atoms with Gasteiger partial charge in [0, 0.05) is 25.7 Å². The number of hydrogen-bond donors (Lipinski definition) is 3. The number of piperidine rings is 1. The van der Waals surface area contributed by atoms with E-state index >= 15 is 0 Å². The van der Waals surface area contributed by atoms with Gasteiger partial charge in [0.15, 0.2) is 18.1 Å². The van der Waals surface area contributed by atoms with Gasteiger partial charge in [-0.15, -0.1) is 0 Å². The minimum atomic E-state index is -0.852. The summed E-state index contributed by atoms with van der Waals surface area (Å²) in [6, 6.07) is 1.33. The number of hydrogen-bond acceptors (Lipinski definition) is 6. The third kappa shape index (κ3) is 4.06. The van der Waals surface area contributed by atoms with Crippen LogP contribution in [0.25, 0.3) is 0 Å². The van der Waals surface area contributed by atoms with E-state index in [1.54, 1.807) is 0 Å². The fourth-order valence-corrected chi connectivity index (χ4v) is 3.80. The van der Waals surface area contributed by atoms with Crippen LogP contribution in [0.1, 0.15) is 41.9 Å². The number of alkyl carbamates (subject to hydrolysis) is 1. The maximum Gasteiger partial charge on any atom is 0.407 e. The number of likely N-dealkylation sites (tertiary alicyclic amines) is 1. The lowest BCUT2D eigenvalue weighted by atomic mass is 9.57. The van der Waals surface area contributed by atoms with Crippen LogP contribution in [0.5, 0.6) is 0 Å². The first-order valence-electron chi connectivity index (χ1n) is 8.51. The van der Waals surface area contributed by atoms with Crippen molar-refractivity contribution in [2.45, 2.75) is 32.3 Å². The van der Waals surface area contributed by atoms with Crippen molar-refractivity contribution in [2.75, 3.05) is 19.6 Å². The molecule has 0 aromatic carbocycles. The Hall–Kier alpha value is -2.78. The molecule has 2 heterocycles. The molecule has 0 unspecified atom stereocenters. The Morgan fingerprint density at radius 2 is 2.08 bits per heavy atom. The number of carbonyl (C=O) groups is 3. The summed E-state index contributed by atoms with van der Waals surface area (Å²) in [5, 5.41) is 15.2. The Balaban J connectivity index is 1.32. The van der Waals surface area contributed by atoms with Gasteiger partial charge in [-0.25, -0.2) is 9.59 Å². The minimum Gasteiger partial charge on any atom is -0.465 e. The fourth-order valence-electron chi connectivity index (χ4n) is 3.80. The third-order valence-corrected chi connectivity index (χ3v) is 5.23. The molecule has 10 heteroatoms. The standard InChI is InChI=1S/C16H22N4O6/c17-13(21)12-5-11(26-19-12)9-25-14(22)18-8-10-6-16(7-10)1-3-20(4-2-16)15(23)24/h5,10H,1-4,6-9H2,(H2,17,21)(H,18,22)(H,23,24). The number of carboxylic acid groups (broad SMARTS) is 1. The van der Waals surface area contributed by atoms with Crippen LogP contribution in [-0.2, 0) is 11.3 Å². The zero-order valence-corrected chi connectivity index (χ0v) is 14.3. The molecule has 1 aliphatic heterocycles. The van der Waals surface area contributed by atoms with Crippen LogP contribution in [0.4, 0.5) is 9.59 Å². The normalized spacial score (nSPS) is 19.0. The Kier molecular flexibility index (Phi) is 5.01. The molecule has 0 radical (unpaired) electrons. The predicted octanol–water partition coefficient (Wildman–Crippen LogP) is 1.17. The number of amides is 3. The van der Waals surface area contributed by atoms with Gasteiger partial charge in [0.2, 0.25) is 0 Å². The number of carbonyl (C=O) groups excluding carboxylic acids is 2. The molecular formula is C16H22N4O6. The van der Waals surface area contributed by atoms with E-state index in [0.717, 1.165) is 25.7 Å². The van der Waals surface area contributed by atoms with Crippen molar-refractivity contribution < 1.29 is 28.8 Å². The minimum absolute atomic E-state index is 0.0160. The zero-order chi connectivity index (χ0) is 18.7. The quantitative estimate of drug-likeness (QED) is 0.708. The van der Waals surface area contributed by atoms with Gasteiger partial charge in [0.1, 0.15) is 0 Å². The van der Waals surface area contributed by atoms with Crippen molar-refractivity contribution in [2.24, 2.45) is 17.1 Å². The molecule has 1 saturated heterocycles. The van der Waals surface area contributed by atoms with Gasteiger partial charge in [-0.2, -0.15) is 0 Å².